The van der Waals surface area contributed by atoms with Crippen LogP contribution in [0.25, 0.3) is 5.70 Å². The number of fused-ring (bicyclic) bond motifs is 1. The second-order valence-corrected chi connectivity index (χ2v) is 10.3. The van der Waals surface area contributed by atoms with Crippen molar-refractivity contribution >= 4 is 17.6 Å². The van der Waals surface area contributed by atoms with Crippen LogP contribution in [0.15, 0.2) is 46.3 Å². The number of allylic oxidation sites excluding steroid dienone is 4. The molecule has 1 N–H and O–H groups in total. The molecule has 0 saturated heterocycles. The van der Waals surface area contributed by atoms with Gasteiger partial charge in [0.2, 0.25) is 0 Å². The van der Waals surface area contributed by atoms with Crippen molar-refractivity contribution in [2.75, 3.05) is 0 Å². The Balaban J connectivity index is 1.75. The Morgan fingerprint density at radius 2 is 1.84 bits per heavy atom. The van der Waals surface area contributed by atoms with E-state index >= 15 is 0 Å². The second-order valence-electron chi connectivity index (χ2n) is 9.36. The van der Waals surface area contributed by atoms with Crippen LogP contribution in [-0.4, -0.2) is 27.0 Å². The molecule has 1 aliphatic heterocycles. The minimum Gasteiger partial charge on any atom is -0.338 e. The van der Waals surface area contributed by atoms with E-state index in [0.29, 0.717) is 23.8 Å². The van der Waals surface area contributed by atoms with Crippen LogP contribution in [0.3, 0.4) is 0 Å². The smallest absolute Gasteiger partial charge is 0.177 e. The number of nitrogens with zero attached hydrogens (tertiary/aromatic N) is 4. The zero-order chi connectivity index (χ0) is 22.0. The van der Waals surface area contributed by atoms with Gasteiger partial charge in [-0.1, -0.05) is 32.8 Å². The zero-order valence-corrected chi connectivity index (χ0v) is 19.9. The maximum atomic E-state index is 10.2. The number of hydrogen-bond donors (Lipinski definition) is 1. The van der Waals surface area contributed by atoms with Gasteiger partial charge in [0, 0.05) is 36.1 Å². The summed E-state index contributed by atoms with van der Waals surface area (Å²) in [5.74, 6) is 1.31. The summed E-state index contributed by atoms with van der Waals surface area (Å²) < 4.78 is 3.33. The lowest BCUT2D eigenvalue weighted by Crippen LogP contribution is -2.30. The van der Waals surface area contributed by atoms with Crippen LogP contribution in [0.2, 0.25) is 0 Å². The quantitative estimate of drug-likeness (QED) is 0.565. The van der Waals surface area contributed by atoms with Crippen LogP contribution in [0.4, 0.5) is 0 Å². The summed E-state index contributed by atoms with van der Waals surface area (Å²) in [6, 6.07) is 3.38. The van der Waals surface area contributed by atoms with E-state index in [1.54, 1.807) is 11.9 Å². The van der Waals surface area contributed by atoms with Crippen molar-refractivity contribution < 1.29 is 0 Å². The van der Waals surface area contributed by atoms with Crippen molar-refractivity contribution in [1.29, 1.82) is 5.26 Å². The fraction of sp³-hybridized carbons (Fsp3) is 0.560. The fourth-order valence-corrected chi connectivity index (χ4v) is 5.43. The zero-order valence-electron chi connectivity index (χ0n) is 19.1. The van der Waals surface area contributed by atoms with Gasteiger partial charge in [0.15, 0.2) is 5.82 Å². The highest BCUT2D eigenvalue weighted by atomic mass is 32.2. The van der Waals surface area contributed by atoms with Gasteiger partial charge in [-0.3, -0.25) is 4.72 Å². The van der Waals surface area contributed by atoms with Gasteiger partial charge in [0.25, 0.3) is 0 Å². The highest BCUT2D eigenvalue weighted by Gasteiger charge is 2.42. The standard InChI is InChI=1S/C25H33N5S/c1-16(2)18-8-7-11-21-22(13-26)24(30(23(21)12-18)19-9-5-6-10-19)25-27-14-20(15-28-25)31-29-17(3)4/h8,12,14-17,19,21,29H,5-7,9-11H2,1-4H3. The van der Waals surface area contributed by atoms with E-state index < -0.39 is 0 Å². The lowest BCUT2D eigenvalue weighted by Gasteiger charge is -2.31. The largest absolute Gasteiger partial charge is 0.338 e. The second kappa shape index (κ2) is 9.58. The maximum absolute atomic E-state index is 10.2. The predicted octanol–water partition coefficient (Wildman–Crippen LogP) is 5.85. The summed E-state index contributed by atoms with van der Waals surface area (Å²) in [5, 5.41) is 10.2. The van der Waals surface area contributed by atoms with Gasteiger partial charge in [-0.15, -0.1) is 0 Å². The lowest BCUT2D eigenvalue weighted by atomic mass is 9.94. The molecule has 1 aromatic heterocycles. The van der Waals surface area contributed by atoms with Crippen molar-refractivity contribution in [3.8, 4) is 6.07 Å². The molecule has 4 rings (SSSR count). The van der Waals surface area contributed by atoms with E-state index in [4.69, 9.17) is 9.97 Å². The molecule has 5 nitrogen and oxygen atoms in total. The Labute approximate surface area is 190 Å². The lowest BCUT2D eigenvalue weighted by molar-refractivity contribution is 0.348. The van der Waals surface area contributed by atoms with E-state index in [1.165, 1.54) is 37.0 Å². The SMILES string of the molecule is CC(C)NSc1cnc(C2=C(C#N)C3CCC=C(C(C)C)C=C3N2C2CCCC2)nc1. The normalized spacial score (nSPS) is 22.0. The molecule has 2 aliphatic carbocycles. The Morgan fingerprint density at radius 1 is 1.13 bits per heavy atom. The van der Waals surface area contributed by atoms with Gasteiger partial charge >= 0.3 is 0 Å². The monoisotopic (exact) mass is 435 g/mol. The molecule has 0 amide bonds. The van der Waals surface area contributed by atoms with Gasteiger partial charge in [-0.25, -0.2) is 9.97 Å². The average molecular weight is 436 g/mol. The van der Waals surface area contributed by atoms with E-state index in [1.807, 2.05) is 12.4 Å². The van der Waals surface area contributed by atoms with E-state index in [2.05, 4.69) is 55.5 Å². The molecule has 0 aromatic carbocycles. The molecule has 1 fully saturated rings. The maximum Gasteiger partial charge on any atom is 0.177 e. The molecule has 1 saturated carbocycles. The molecule has 1 atom stereocenters. The molecular formula is C25H33N5S. The number of hydrogen-bond acceptors (Lipinski definition) is 6. The Morgan fingerprint density at radius 3 is 2.45 bits per heavy atom. The molecule has 1 aromatic rings. The average Bonchev–Trinajstić information content (AvgIpc) is 3.32. The number of rotatable bonds is 6. The van der Waals surface area contributed by atoms with Crippen LogP contribution < -0.4 is 4.72 Å². The Kier molecular flexibility index (Phi) is 6.83. The third-order valence-electron chi connectivity index (χ3n) is 6.36. The Hall–Kier alpha value is -2.10. The van der Waals surface area contributed by atoms with Crippen LogP contribution in [0.5, 0.6) is 0 Å². The minimum absolute atomic E-state index is 0.147. The number of nitriles is 1. The topological polar surface area (TPSA) is 64.8 Å². The predicted molar refractivity (Wildman–Crippen MR) is 127 cm³/mol. The first kappa shape index (κ1) is 22.1. The summed E-state index contributed by atoms with van der Waals surface area (Å²) in [4.78, 5) is 12.9. The molecule has 1 unspecified atom stereocenters. The van der Waals surface area contributed by atoms with E-state index in [0.717, 1.165) is 29.0 Å². The molecule has 6 heteroatoms. The van der Waals surface area contributed by atoms with Crippen molar-refractivity contribution in [3.63, 3.8) is 0 Å². The van der Waals surface area contributed by atoms with Crippen LogP contribution in [-0.2, 0) is 0 Å². The minimum atomic E-state index is 0.147. The van der Waals surface area contributed by atoms with Gasteiger partial charge < -0.3 is 4.90 Å². The van der Waals surface area contributed by atoms with Gasteiger partial charge in [-0.2, -0.15) is 5.26 Å². The molecular weight excluding hydrogens is 402 g/mol. The molecule has 0 bridgehead atoms. The first-order chi connectivity index (χ1) is 15.0. The third-order valence-corrected chi connectivity index (χ3v) is 7.39. The number of nitrogens with one attached hydrogen (secondary N) is 1. The highest BCUT2D eigenvalue weighted by Crippen LogP contribution is 2.48. The summed E-state index contributed by atoms with van der Waals surface area (Å²) in [7, 11) is 0. The molecule has 2 heterocycles. The van der Waals surface area contributed by atoms with Gasteiger partial charge in [0.05, 0.1) is 16.5 Å². The van der Waals surface area contributed by atoms with Crippen LogP contribution in [0, 0.1) is 23.2 Å². The van der Waals surface area contributed by atoms with E-state index in [9.17, 15) is 5.26 Å². The summed E-state index contributed by atoms with van der Waals surface area (Å²) >= 11 is 1.55. The molecule has 0 spiro atoms. The van der Waals surface area contributed by atoms with E-state index in [-0.39, 0.29) is 5.92 Å². The van der Waals surface area contributed by atoms with Crippen molar-refractivity contribution in [2.45, 2.75) is 83.2 Å². The molecule has 0 radical (unpaired) electrons. The molecule has 164 valence electrons. The number of aromatic nitrogens is 2. The van der Waals surface area contributed by atoms with Crippen molar-refractivity contribution in [1.82, 2.24) is 19.6 Å². The summed E-state index contributed by atoms with van der Waals surface area (Å²) in [6.07, 6.45) is 15.3. The highest BCUT2D eigenvalue weighted by molar-refractivity contribution is 7.97. The first-order valence-electron chi connectivity index (χ1n) is 11.6. The Bertz CT molecular complexity index is 930. The van der Waals surface area contributed by atoms with Gasteiger partial charge in [-0.05, 0) is 69.0 Å². The van der Waals surface area contributed by atoms with Crippen LogP contribution in [0.1, 0.15) is 72.0 Å². The first-order valence-corrected chi connectivity index (χ1v) is 12.4. The van der Waals surface area contributed by atoms with Crippen molar-refractivity contribution in [3.05, 3.63) is 47.2 Å². The van der Waals surface area contributed by atoms with Crippen molar-refractivity contribution in [2.24, 2.45) is 11.8 Å². The summed E-state index contributed by atoms with van der Waals surface area (Å²) in [5.41, 5.74) is 4.46. The van der Waals surface area contributed by atoms with Gasteiger partial charge in [0.1, 0.15) is 5.70 Å². The third kappa shape index (κ3) is 4.58. The molecule has 31 heavy (non-hydrogen) atoms. The summed E-state index contributed by atoms with van der Waals surface area (Å²) in [6.45, 7) is 8.73. The fourth-order valence-electron chi connectivity index (χ4n) is 4.84. The molecule has 3 aliphatic rings. The van der Waals surface area contributed by atoms with Crippen LogP contribution >= 0.6 is 11.9 Å².